The number of nitrogens with one attached hydrogen (secondary N) is 1. The lowest BCUT2D eigenvalue weighted by Crippen LogP contribution is -2.40. The summed E-state index contributed by atoms with van der Waals surface area (Å²) in [5, 5.41) is 11.3. The van der Waals surface area contributed by atoms with E-state index in [9.17, 15) is 9.59 Å². The number of aliphatic carboxylic acids is 1. The number of carboxylic acids is 1. The number of carbonyl (C=O) groups excluding carboxylic acids is 1. The van der Waals surface area contributed by atoms with Crippen molar-refractivity contribution in [2.24, 2.45) is 0 Å². The van der Waals surface area contributed by atoms with E-state index in [1.807, 2.05) is 6.07 Å². The van der Waals surface area contributed by atoms with Crippen LogP contribution in [0.1, 0.15) is 16.8 Å². The van der Waals surface area contributed by atoms with E-state index in [1.165, 1.54) is 0 Å². The molecule has 1 amide bonds. The molecule has 18 heavy (non-hydrogen) atoms. The smallest absolute Gasteiger partial charge is 0.327 e. The van der Waals surface area contributed by atoms with Gasteiger partial charge in [0.25, 0.3) is 5.91 Å². The third-order valence-electron chi connectivity index (χ3n) is 2.10. The predicted molar refractivity (Wildman–Crippen MR) is 79.2 cm³/mol. The van der Waals surface area contributed by atoms with E-state index in [1.54, 1.807) is 12.1 Å². The number of terminal acetylenes is 1. The summed E-state index contributed by atoms with van der Waals surface area (Å²) in [5.41, 5.74) is 0.380. The molecule has 0 aliphatic carbocycles. The van der Waals surface area contributed by atoms with E-state index in [2.05, 4.69) is 49.8 Å². The Labute approximate surface area is 126 Å². The van der Waals surface area contributed by atoms with Crippen LogP contribution in [0.4, 0.5) is 0 Å². The summed E-state index contributed by atoms with van der Waals surface area (Å²) >= 11 is 5.31. The van der Waals surface area contributed by atoms with Crippen LogP contribution in [0, 0.1) is 15.9 Å². The number of benzene rings is 1. The zero-order valence-electron chi connectivity index (χ0n) is 9.11. The fourth-order valence-corrected chi connectivity index (χ4v) is 2.14. The zero-order chi connectivity index (χ0) is 13.7. The molecule has 0 saturated heterocycles. The van der Waals surface area contributed by atoms with Crippen molar-refractivity contribution in [1.29, 1.82) is 0 Å². The molecular weight excluding hydrogens is 413 g/mol. The van der Waals surface area contributed by atoms with Gasteiger partial charge in [-0.25, -0.2) is 4.79 Å². The van der Waals surface area contributed by atoms with Crippen LogP contribution in [0.15, 0.2) is 22.7 Å². The van der Waals surface area contributed by atoms with Crippen molar-refractivity contribution < 1.29 is 14.7 Å². The highest BCUT2D eigenvalue weighted by atomic mass is 127. The lowest BCUT2D eigenvalue weighted by molar-refractivity contribution is -0.139. The molecule has 0 aromatic heterocycles. The van der Waals surface area contributed by atoms with Crippen molar-refractivity contribution in [3.8, 4) is 12.3 Å². The van der Waals surface area contributed by atoms with Gasteiger partial charge >= 0.3 is 5.97 Å². The number of carboxylic acid groups (broad SMARTS) is 1. The van der Waals surface area contributed by atoms with Crippen LogP contribution in [0.5, 0.6) is 0 Å². The van der Waals surface area contributed by atoms with Crippen molar-refractivity contribution in [2.45, 2.75) is 12.5 Å². The first-order chi connectivity index (χ1) is 8.45. The number of carbonyl (C=O) groups is 2. The second kappa shape index (κ2) is 6.75. The maximum absolute atomic E-state index is 11.9. The average molecular weight is 422 g/mol. The standard InChI is InChI=1S/C12H9BrINO3/c1-2-3-10(12(17)18)15-11(16)8-6-7(14)4-5-9(8)13/h1,4-6,10H,3H2,(H,15,16)(H,17,18). The van der Waals surface area contributed by atoms with Crippen LogP contribution in [0.3, 0.4) is 0 Å². The first kappa shape index (κ1) is 15.0. The third kappa shape index (κ3) is 3.99. The normalized spacial score (nSPS) is 11.4. The molecule has 1 rings (SSSR count). The summed E-state index contributed by atoms with van der Waals surface area (Å²) in [6.07, 6.45) is 5.01. The predicted octanol–water partition coefficient (Wildman–Crippen LogP) is 2.26. The SMILES string of the molecule is C#CCC(NC(=O)c1cc(I)ccc1Br)C(=O)O. The van der Waals surface area contributed by atoms with Gasteiger partial charge in [0, 0.05) is 14.5 Å². The number of rotatable bonds is 4. The fourth-order valence-electron chi connectivity index (χ4n) is 1.23. The largest absolute Gasteiger partial charge is 0.480 e. The molecule has 0 fully saturated rings. The minimum atomic E-state index is -1.15. The highest BCUT2D eigenvalue weighted by molar-refractivity contribution is 14.1. The van der Waals surface area contributed by atoms with Gasteiger partial charge in [0.2, 0.25) is 0 Å². The highest BCUT2D eigenvalue weighted by Gasteiger charge is 2.20. The summed E-state index contributed by atoms with van der Waals surface area (Å²) in [7, 11) is 0. The van der Waals surface area contributed by atoms with Crippen LogP contribution >= 0.6 is 38.5 Å². The van der Waals surface area contributed by atoms with Gasteiger partial charge in [-0.05, 0) is 56.7 Å². The summed E-state index contributed by atoms with van der Waals surface area (Å²) < 4.78 is 1.48. The minimum Gasteiger partial charge on any atom is -0.480 e. The second-order valence-corrected chi connectivity index (χ2v) is 5.50. The topological polar surface area (TPSA) is 66.4 Å². The highest BCUT2D eigenvalue weighted by Crippen LogP contribution is 2.19. The van der Waals surface area contributed by atoms with Crippen molar-refractivity contribution in [3.05, 3.63) is 31.8 Å². The molecule has 2 N–H and O–H groups in total. The maximum Gasteiger partial charge on any atom is 0.327 e. The molecule has 0 bridgehead atoms. The fraction of sp³-hybridized carbons (Fsp3) is 0.167. The van der Waals surface area contributed by atoms with Crippen molar-refractivity contribution in [1.82, 2.24) is 5.32 Å². The lowest BCUT2D eigenvalue weighted by Gasteiger charge is -2.12. The van der Waals surface area contributed by atoms with E-state index < -0.39 is 17.9 Å². The molecule has 1 aromatic carbocycles. The second-order valence-electron chi connectivity index (χ2n) is 3.40. The van der Waals surface area contributed by atoms with Crippen molar-refractivity contribution in [2.75, 3.05) is 0 Å². The van der Waals surface area contributed by atoms with Crippen LogP contribution in [0.25, 0.3) is 0 Å². The Balaban J connectivity index is 2.91. The van der Waals surface area contributed by atoms with Gasteiger partial charge in [0.05, 0.1) is 5.56 Å². The first-order valence-electron chi connectivity index (χ1n) is 4.88. The van der Waals surface area contributed by atoms with Crippen LogP contribution in [-0.4, -0.2) is 23.0 Å². The van der Waals surface area contributed by atoms with E-state index in [0.717, 1.165) is 3.57 Å². The number of halogens is 2. The summed E-state index contributed by atoms with van der Waals surface area (Å²) in [6, 6.07) is 4.15. The molecule has 0 spiro atoms. The van der Waals surface area contributed by atoms with Gasteiger partial charge in [-0.2, -0.15) is 0 Å². The molecule has 1 unspecified atom stereocenters. The quantitative estimate of drug-likeness (QED) is 0.578. The van der Waals surface area contributed by atoms with Gasteiger partial charge in [-0.3, -0.25) is 4.79 Å². The summed E-state index contributed by atoms with van der Waals surface area (Å²) in [4.78, 5) is 22.8. The Morgan fingerprint density at radius 1 is 1.56 bits per heavy atom. The third-order valence-corrected chi connectivity index (χ3v) is 3.46. The van der Waals surface area contributed by atoms with E-state index in [4.69, 9.17) is 11.5 Å². The van der Waals surface area contributed by atoms with E-state index in [-0.39, 0.29) is 6.42 Å². The van der Waals surface area contributed by atoms with Crippen LogP contribution < -0.4 is 5.32 Å². The Morgan fingerprint density at radius 3 is 2.78 bits per heavy atom. The van der Waals surface area contributed by atoms with Crippen LogP contribution in [-0.2, 0) is 4.79 Å². The van der Waals surface area contributed by atoms with Gasteiger partial charge in [0.15, 0.2) is 0 Å². The molecule has 1 atom stereocenters. The van der Waals surface area contributed by atoms with Crippen molar-refractivity contribution in [3.63, 3.8) is 0 Å². The Hall–Kier alpha value is -1.07. The number of hydrogen-bond acceptors (Lipinski definition) is 2. The number of hydrogen-bond donors (Lipinski definition) is 2. The molecule has 0 aliphatic rings. The molecule has 0 aliphatic heterocycles. The lowest BCUT2D eigenvalue weighted by atomic mass is 10.1. The van der Waals surface area contributed by atoms with E-state index >= 15 is 0 Å². The van der Waals surface area contributed by atoms with Gasteiger partial charge in [-0.15, -0.1) is 12.3 Å². The first-order valence-corrected chi connectivity index (χ1v) is 6.75. The van der Waals surface area contributed by atoms with Crippen LogP contribution in [0.2, 0.25) is 0 Å². The molecule has 1 aromatic rings. The monoisotopic (exact) mass is 421 g/mol. The maximum atomic E-state index is 11.9. The number of amides is 1. The average Bonchev–Trinajstić information content (AvgIpc) is 2.31. The molecule has 4 nitrogen and oxygen atoms in total. The summed E-state index contributed by atoms with van der Waals surface area (Å²) in [6.45, 7) is 0. The molecule has 6 heteroatoms. The Kier molecular flexibility index (Phi) is 5.62. The molecule has 0 heterocycles. The Bertz CT molecular complexity index is 525. The van der Waals surface area contributed by atoms with Gasteiger partial charge in [0.1, 0.15) is 6.04 Å². The Morgan fingerprint density at radius 2 is 2.22 bits per heavy atom. The van der Waals surface area contributed by atoms with Gasteiger partial charge < -0.3 is 10.4 Å². The molecule has 0 radical (unpaired) electrons. The molecular formula is C12H9BrINO3. The molecule has 94 valence electrons. The van der Waals surface area contributed by atoms with Gasteiger partial charge in [-0.1, -0.05) is 0 Å². The van der Waals surface area contributed by atoms with Crippen molar-refractivity contribution >= 4 is 50.4 Å². The summed E-state index contributed by atoms with van der Waals surface area (Å²) in [5.74, 6) is 0.604. The van der Waals surface area contributed by atoms with E-state index in [0.29, 0.717) is 10.0 Å². The zero-order valence-corrected chi connectivity index (χ0v) is 12.9. The minimum absolute atomic E-state index is 0.0530. The molecule has 0 saturated carbocycles.